The number of rotatable bonds is 3. The molecule has 0 spiro atoms. The molecule has 6 heteroatoms. The Kier molecular flexibility index (Phi) is 6.23. The first-order valence-electron chi connectivity index (χ1n) is 4.59. The highest BCUT2D eigenvalue weighted by Gasteiger charge is 2.16. The van der Waals surface area contributed by atoms with Gasteiger partial charge in [0.1, 0.15) is 6.23 Å². The van der Waals surface area contributed by atoms with Crippen LogP contribution in [0.1, 0.15) is 23.7 Å². The molecule has 0 heterocycles. The Balaban J connectivity index is 3.00. The van der Waals surface area contributed by atoms with Crippen LogP contribution in [0.3, 0.4) is 0 Å². The summed E-state index contributed by atoms with van der Waals surface area (Å²) in [5.74, 6) is -0.223. The van der Waals surface area contributed by atoms with Gasteiger partial charge in [0, 0.05) is 10.7 Å². The maximum atomic E-state index is 11.9. The van der Waals surface area contributed by atoms with E-state index in [4.69, 9.17) is 0 Å². The van der Waals surface area contributed by atoms with Crippen LogP contribution < -0.4 is 5.32 Å². The van der Waals surface area contributed by atoms with Gasteiger partial charge in [-0.25, -0.2) is 0 Å². The molecule has 0 aliphatic heterocycles. The van der Waals surface area contributed by atoms with E-state index in [0.29, 0.717) is 12.0 Å². The number of aliphatic hydroxyl groups is 1. The van der Waals surface area contributed by atoms with E-state index in [1.807, 2.05) is 19.1 Å². The van der Waals surface area contributed by atoms with E-state index in [0.717, 1.165) is 10.7 Å². The van der Waals surface area contributed by atoms with Gasteiger partial charge in [-0.15, -0.1) is 0 Å². The number of nitrogens with one attached hydrogen (secondary N) is 1. The van der Waals surface area contributed by atoms with E-state index >= 15 is 0 Å². The van der Waals surface area contributed by atoms with Crippen LogP contribution in [0.2, 0.25) is 0 Å². The van der Waals surface area contributed by atoms with Crippen molar-refractivity contribution in [2.24, 2.45) is 0 Å². The monoisotopic (exact) mass is 557 g/mol. The molecule has 0 aliphatic rings. The number of amides is 1. The summed E-state index contributed by atoms with van der Waals surface area (Å²) in [6.07, 6.45) is -0.276. The van der Waals surface area contributed by atoms with Crippen molar-refractivity contribution in [1.29, 1.82) is 0 Å². The van der Waals surface area contributed by atoms with Crippen molar-refractivity contribution >= 4 is 73.7 Å². The third-order valence-electron chi connectivity index (χ3n) is 1.92. The lowest BCUT2D eigenvalue weighted by molar-refractivity contribution is 0.0774. The zero-order valence-corrected chi connectivity index (χ0v) is 14.9. The maximum absolute atomic E-state index is 11.9. The van der Waals surface area contributed by atoms with Crippen LogP contribution in [0, 0.1) is 10.7 Å². The van der Waals surface area contributed by atoms with Crippen LogP contribution in [0.5, 0.6) is 0 Å². The number of hydrogen-bond donors (Lipinski definition) is 2. The molecule has 0 bridgehead atoms. The standard InChI is InChI=1S/C10H10I3NO2/c1-2-8(15)14-10(16)9-6(12)3-5(11)4-7(9)13/h3-4,8,15H,2H2,1H3,(H,14,16). The number of hydrogen-bond acceptors (Lipinski definition) is 2. The Labute approximate surface area is 135 Å². The van der Waals surface area contributed by atoms with E-state index < -0.39 is 6.23 Å². The van der Waals surface area contributed by atoms with Crippen molar-refractivity contribution in [1.82, 2.24) is 5.32 Å². The first kappa shape index (κ1) is 14.9. The van der Waals surface area contributed by atoms with E-state index in [2.05, 4.69) is 73.1 Å². The van der Waals surface area contributed by atoms with Crippen LogP contribution in [0.15, 0.2) is 12.1 Å². The topological polar surface area (TPSA) is 49.3 Å². The molecular formula is C10H10I3NO2. The van der Waals surface area contributed by atoms with Gasteiger partial charge < -0.3 is 10.4 Å². The largest absolute Gasteiger partial charge is 0.374 e. The number of carbonyl (C=O) groups excluding carboxylic acids is 1. The van der Waals surface area contributed by atoms with Gasteiger partial charge in [-0.3, -0.25) is 4.79 Å². The number of carbonyl (C=O) groups is 1. The van der Waals surface area contributed by atoms with Crippen LogP contribution in [0.25, 0.3) is 0 Å². The fraction of sp³-hybridized carbons (Fsp3) is 0.300. The van der Waals surface area contributed by atoms with Crippen molar-refractivity contribution < 1.29 is 9.90 Å². The molecule has 0 fully saturated rings. The predicted octanol–water partition coefficient (Wildman–Crippen LogP) is 2.96. The minimum Gasteiger partial charge on any atom is -0.374 e. The first-order chi connectivity index (χ1) is 7.45. The predicted molar refractivity (Wildman–Crippen MR) is 88.4 cm³/mol. The van der Waals surface area contributed by atoms with Gasteiger partial charge in [-0.2, -0.15) is 0 Å². The van der Waals surface area contributed by atoms with Crippen molar-refractivity contribution in [3.63, 3.8) is 0 Å². The molecule has 0 saturated heterocycles. The van der Waals surface area contributed by atoms with Crippen molar-refractivity contribution in [3.8, 4) is 0 Å². The lowest BCUT2D eigenvalue weighted by atomic mass is 10.2. The summed E-state index contributed by atoms with van der Waals surface area (Å²) in [5, 5.41) is 11.9. The molecule has 1 rings (SSSR count). The Morgan fingerprint density at radius 1 is 1.38 bits per heavy atom. The summed E-state index contributed by atoms with van der Waals surface area (Å²) >= 11 is 6.48. The van der Waals surface area contributed by atoms with Gasteiger partial charge in [0.15, 0.2) is 0 Å². The smallest absolute Gasteiger partial charge is 0.255 e. The number of aliphatic hydroxyl groups excluding tert-OH is 1. The highest BCUT2D eigenvalue weighted by atomic mass is 127. The van der Waals surface area contributed by atoms with E-state index in [-0.39, 0.29) is 5.91 Å². The fourth-order valence-electron chi connectivity index (χ4n) is 1.08. The molecule has 1 unspecified atom stereocenters. The molecule has 3 nitrogen and oxygen atoms in total. The molecule has 0 aromatic heterocycles. The second kappa shape index (κ2) is 6.69. The molecule has 88 valence electrons. The number of benzene rings is 1. The SMILES string of the molecule is CCC(O)NC(=O)c1c(I)cc(I)cc1I. The minimum absolute atomic E-state index is 0.223. The highest BCUT2D eigenvalue weighted by molar-refractivity contribution is 14.1. The Bertz CT molecular complexity index is 386. The average molecular weight is 557 g/mol. The third-order valence-corrected chi connectivity index (χ3v) is 4.24. The average Bonchev–Trinajstić information content (AvgIpc) is 2.15. The van der Waals surface area contributed by atoms with Gasteiger partial charge >= 0.3 is 0 Å². The molecule has 1 amide bonds. The van der Waals surface area contributed by atoms with Crippen LogP contribution in [-0.2, 0) is 0 Å². The van der Waals surface area contributed by atoms with Gasteiger partial charge in [0.2, 0.25) is 0 Å². The maximum Gasteiger partial charge on any atom is 0.255 e. The second-order valence-corrected chi connectivity index (χ2v) is 6.71. The van der Waals surface area contributed by atoms with Gasteiger partial charge in [-0.05, 0) is 86.3 Å². The third kappa shape index (κ3) is 3.95. The molecule has 0 aliphatic carbocycles. The molecule has 1 aromatic carbocycles. The molecule has 1 aromatic rings. The Hall–Kier alpha value is 0.840. The fourth-order valence-corrected chi connectivity index (χ4v) is 5.16. The summed E-state index contributed by atoms with van der Waals surface area (Å²) in [6, 6.07) is 3.88. The van der Waals surface area contributed by atoms with Gasteiger partial charge in [0.25, 0.3) is 5.91 Å². The zero-order valence-electron chi connectivity index (χ0n) is 8.43. The van der Waals surface area contributed by atoms with Crippen molar-refractivity contribution in [3.05, 3.63) is 28.4 Å². The second-order valence-electron chi connectivity index (χ2n) is 3.14. The lowest BCUT2D eigenvalue weighted by Gasteiger charge is -2.13. The summed E-state index contributed by atoms with van der Waals surface area (Å²) in [5.41, 5.74) is 0.633. The molecular weight excluding hydrogens is 547 g/mol. The first-order valence-corrected chi connectivity index (χ1v) is 7.82. The van der Waals surface area contributed by atoms with E-state index in [1.54, 1.807) is 0 Å². The summed E-state index contributed by atoms with van der Waals surface area (Å²) in [6.45, 7) is 1.81. The van der Waals surface area contributed by atoms with Crippen LogP contribution >= 0.6 is 67.8 Å². The van der Waals surface area contributed by atoms with E-state index in [1.165, 1.54) is 0 Å². The lowest BCUT2D eigenvalue weighted by Crippen LogP contribution is -2.34. The van der Waals surface area contributed by atoms with Gasteiger partial charge in [-0.1, -0.05) is 6.92 Å². The summed E-state index contributed by atoms with van der Waals surface area (Å²) in [4.78, 5) is 11.9. The summed E-state index contributed by atoms with van der Waals surface area (Å²) < 4.78 is 2.89. The minimum atomic E-state index is -0.779. The molecule has 16 heavy (non-hydrogen) atoms. The Morgan fingerprint density at radius 2 is 1.88 bits per heavy atom. The zero-order chi connectivity index (χ0) is 12.3. The van der Waals surface area contributed by atoms with Gasteiger partial charge in [0.05, 0.1) is 5.56 Å². The van der Waals surface area contributed by atoms with E-state index in [9.17, 15) is 9.90 Å². The highest BCUT2D eigenvalue weighted by Crippen LogP contribution is 2.22. The molecule has 1 atom stereocenters. The number of halogens is 3. The molecule has 0 saturated carbocycles. The normalized spacial score (nSPS) is 12.3. The molecule has 0 radical (unpaired) electrons. The quantitative estimate of drug-likeness (QED) is 0.444. The Morgan fingerprint density at radius 3 is 2.31 bits per heavy atom. The summed E-state index contributed by atoms with van der Waals surface area (Å²) in [7, 11) is 0. The molecule has 2 N–H and O–H groups in total. The van der Waals surface area contributed by atoms with Crippen LogP contribution in [0.4, 0.5) is 0 Å². The van der Waals surface area contributed by atoms with Crippen LogP contribution in [-0.4, -0.2) is 17.2 Å². The van der Waals surface area contributed by atoms with Crippen molar-refractivity contribution in [2.45, 2.75) is 19.6 Å². The van der Waals surface area contributed by atoms with Crippen molar-refractivity contribution in [2.75, 3.05) is 0 Å².